The predicted molar refractivity (Wildman–Crippen MR) is 177 cm³/mol. The second kappa shape index (κ2) is 14.7. The SMILES string of the molecule is CNC(=O)C(Cc1ccccc1)N(Cc1ccc(Cl)cc1Cl)C(=O)CN(c1cc(Cl)ccc1Cl)S(=O)(=O)c1ccc(C)cc1. The number of carbonyl (C=O) groups excluding carboxylic acids is 2. The van der Waals surface area contributed by atoms with Gasteiger partial charge in [-0.3, -0.25) is 13.9 Å². The zero-order valence-corrected chi connectivity index (χ0v) is 27.6. The highest BCUT2D eigenvalue weighted by molar-refractivity contribution is 7.92. The smallest absolute Gasteiger partial charge is 0.264 e. The third-order valence-corrected chi connectivity index (χ3v) is 9.85. The van der Waals surface area contributed by atoms with Gasteiger partial charge in [-0.1, -0.05) is 100 Å². The van der Waals surface area contributed by atoms with E-state index in [4.69, 9.17) is 46.4 Å². The summed E-state index contributed by atoms with van der Waals surface area (Å²) >= 11 is 25.4. The monoisotopic (exact) mass is 691 g/mol. The minimum Gasteiger partial charge on any atom is -0.357 e. The van der Waals surface area contributed by atoms with Gasteiger partial charge in [-0.05, 0) is 60.5 Å². The number of nitrogens with zero attached hydrogens (tertiary/aromatic N) is 2. The number of hydrogen-bond acceptors (Lipinski definition) is 4. The van der Waals surface area contributed by atoms with Crippen molar-refractivity contribution in [2.75, 3.05) is 17.9 Å². The van der Waals surface area contributed by atoms with Crippen molar-refractivity contribution in [3.8, 4) is 0 Å². The minimum absolute atomic E-state index is 0.0112. The van der Waals surface area contributed by atoms with Gasteiger partial charge in [-0.15, -0.1) is 0 Å². The van der Waals surface area contributed by atoms with Gasteiger partial charge in [-0.25, -0.2) is 8.42 Å². The van der Waals surface area contributed by atoms with Gasteiger partial charge in [0.1, 0.15) is 12.6 Å². The molecule has 12 heteroatoms. The molecule has 1 unspecified atom stereocenters. The molecule has 2 amide bonds. The zero-order valence-electron chi connectivity index (χ0n) is 23.8. The van der Waals surface area contributed by atoms with E-state index in [1.54, 1.807) is 24.3 Å². The Morgan fingerprint density at radius 2 is 1.45 bits per heavy atom. The number of halogens is 4. The van der Waals surface area contributed by atoms with Gasteiger partial charge in [0.2, 0.25) is 11.8 Å². The van der Waals surface area contributed by atoms with E-state index in [1.165, 1.54) is 48.3 Å². The van der Waals surface area contributed by atoms with E-state index >= 15 is 0 Å². The fraction of sp³-hybridized carbons (Fsp3) is 0.188. The largest absolute Gasteiger partial charge is 0.357 e. The van der Waals surface area contributed by atoms with Crippen molar-refractivity contribution in [2.24, 2.45) is 0 Å². The van der Waals surface area contributed by atoms with Crippen LogP contribution >= 0.6 is 46.4 Å². The molecule has 4 aromatic rings. The van der Waals surface area contributed by atoms with Crippen molar-refractivity contribution < 1.29 is 18.0 Å². The van der Waals surface area contributed by atoms with Gasteiger partial charge in [0.05, 0.1) is 15.6 Å². The van der Waals surface area contributed by atoms with E-state index in [0.29, 0.717) is 10.6 Å². The standard InChI is InChI=1S/C32H29Cl4N3O4S/c1-21-8-13-26(14-9-21)44(42,43)39(29-18-25(34)12-15-27(29)35)20-31(40)38(19-23-10-11-24(33)17-28(23)36)30(32(41)37-2)16-22-6-4-3-5-7-22/h3-15,17-18,30H,16,19-20H2,1-2H3,(H,37,41). The molecule has 0 aliphatic carbocycles. The van der Waals surface area contributed by atoms with E-state index in [0.717, 1.165) is 15.4 Å². The highest BCUT2D eigenvalue weighted by Crippen LogP contribution is 2.34. The molecule has 4 rings (SSSR count). The molecule has 0 aromatic heterocycles. The van der Waals surface area contributed by atoms with Crippen LogP contribution in [0.1, 0.15) is 16.7 Å². The van der Waals surface area contributed by atoms with Crippen LogP contribution in [-0.2, 0) is 32.6 Å². The van der Waals surface area contributed by atoms with E-state index in [2.05, 4.69) is 5.32 Å². The second-order valence-corrected chi connectivity index (χ2v) is 13.5. The first-order chi connectivity index (χ1) is 20.9. The maximum atomic E-state index is 14.4. The van der Waals surface area contributed by atoms with Crippen molar-refractivity contribution in [1.82, 2.24) is 10.2 Å². The van der Waals surface area contributed by atoms with E-state index in [1.807, 2.05) is 37.3 Å². The molecule has 0 radical (unpaired) electrons. The molecular weight excluding hydrogens is 664 g/mol. The Kier molecular flexibility index (Phi) is 11.2. The summed E-state index contributed by atoms with van der Waals surface area (Å²) in [5, 5.41) is 3.61. The molecule has 44 heavy (non-hydrogen) atoms. The Hall–Kier alpha value is -3.27. The number of likely N-dealkylation sites (N-methyl/N-ethyl adjacent to an activating group) is 1. The van der Waals surface area contributed by atoms with Gasteiger partial charge in [0.25, 0.3) is 10.0 Å². The van der Waals surface area contributed by atoms with Crippen molar-refractivity contribution in [1.29, 1.82) is 0 Å². The Labute approximate surface area is 277 Å². The molecule has 0 saturated carbocycles. The van der Waals surface area contributed by atoms with Crippen molar-refractivity contribution in [3.05, 3.63) is 128 Å². The summed E-state index contributed by atoms with van der Waals surface area (Å²) in [6.45, 7) is 1.03. The number of anilines is 1. The maximum Gasteiger partial charge on any atom is 0.264 e. The van der Waals surface area contributed by atoms with Crippen LogP contribution in [-0.4, -0.2) is 44.8 Å². The maximum absolute atomic E-state index is 14.4. The molecule has 230 valence electrons. The fourth-order valence-corrected chi connectivity index (χ4v) is 6.91. The molecule has 0 fully saturated rings. The molecule has 0 aliphatic rings. The van der Waals surface area contributed by atoms with Crippen LogP contribution in [0.4, 0.5) is 5.69 Å². The molecule has 1 N–H and O–H groups in total. The van der Waals surface area contributed by atoms with Gasteiger partial charge in [0.15, 0.2) is 0 Å². The zero-order chi connectivity index (χ0) is 32.0. The summed E-state index contributed by atoms with van der Waals surface area (Å²) in [4.78, 5) is 29.0. The number of amides is 2. The molecule has 0 bridgehead atoms. The van der Waals surface area contributed by atoms with Gasteiger partial charge in [-0.2, -0.15) is 0 Å². The normalized spacial score (nSPS) is 12.0. The van der Waals surface area contributed by atoms with E-state index < -0.39 is 34.4 Å². The van der Waals surface area contributed by atoms with Crippen LogP contribution in [0, 0.1) is 6.92 Å². The fourth-order valence-electron chi connectivity index (χ4n) is 4.58. The van der Waals surface area contributed by atoms with Crippen LogP contribution in [0.3, 0.4) is 0 Å². The number of aryl methyl sites for hydroxylation is 1. The first-order valence-electron chi connectivity index (χ1n) is 13.4. The van der Waals surface area contributed by atoms with Crippen molar-refractivity contribution >= 4 is 73.9 Å². The Bertz CT molecular complexity index is 1750. The van der Waals surface area contributed by atoms with Crippen LogP contribution in [0.15, 0.2) is 95.9 Å². The van der Waals surface area contributed by atoms with Crippen molar-refractivity contribution in [2.45, 2.75) is 30.8 Å². The highest BCUT2D eigenvalue weighted by atomic mass is 35.5. The number of benzene rings is 4. The lowest BCUT2D eigenvalue weighted by Crippen LogP contribution is -2.53. The Morgan fingerprint density at radius 1 is 0.818 bits per heavy atom. The van der Waals surface area contributed by atoms with Gasteiger partial charge < -0.3 is 10.2 Å². The molecule has 0 heterocycles. The highest BCUT2D eigenvalue weighted by Gasteiger charge is 2.35. The van der Waals surface area contributed by atoms with Gasteiger partial charge in [0, 0.05) is 35.1 Å². The summed E-state index contributed by atoms with van der Waals surface area (Å²) in [5.41, 5.74) is 2.17. The number of carbonyl (C=O) groups is 2. The lowest BCUT2D eigenvalue weighted by Gasteiger charge is -2.34. The molecule has 0 saturated heterocycles. The number of sulfonamides is 1. The third kappa shape index (κ3) is 8.06. The van der Waals surface area contributed by atoms with Gasteiger partial charge >= 0.3 is 0 Å². The molecular formula is C32H29Cl4N3O4S. The first-order valence-corrected chi connectivity index (χ1v) is 16.4. The number of rotatable bonds is 11. The second-order valence-electron chi connectivity index (χ2n) is 10.00. The lowest BCUT2D eigenvalue weighted by molar-refractivity contribution is -0.139. The van der Waals surface area contributed by atoms with Crippen molar-refractivity contribution in [3.63, 3.8) is 0 Å². The summed E-state index contributed by atoms with van der Waals surface area (Å²) in [6, 6.07) is 23.5. The topological polar surface area (TPSA) is 86.8 Å². The molecule has 0 spiro atoms. The van der Waals surface area contributed by atoms with E-state index in [-0.39, 0.29) is 38.6 Å². The Balaban J connectivity index is 1.84. The minimum atomic E-state index is -4.34. The van der Waals surface area contributed by atoms with E-state index in [9.17, 15) is 18.0 Å². The van der Waals surface area contributed by atoms with Crippen LogP contribution in [0.5, 0.6) is 0 Å². The predicted octanol–water partition coefficient (Wildman–Crippen LogP) is 7.19. The van der Waals surface area contributed by atoms with Crippen LogP contribution in [0.25, 0.3) is 0 Å². The van der Waals surface area contributed by atoms with Crippen LogP contribution in [0.2, 0.25) is 20.1 Å². The lowest BCUT2D eigenvalue weighted by atomic mass is 10.0. The molecule has 1 atom stereocenters. The molecule has 0 aliphatic heterocycles. The first kappa shape index (κ1) is 33.6. The summed E-state index contributed by atoms with van der Waals surface area (Å²) in [7, 11) is -2.87. The summed E-state index contributed by atoms with van der Waals surface area (Å²) in [6.07, 6.45) is 0.153. The average molecular weight is 693 g/mol. The third-order valence-electron chi connectivity index (χ3n) is 6.94. The summed E-state index contributed by atoms with van der Waals surface area (Å²) < 4.78 is 29.1. The molecule has 4 aromatic carbocycles. The molecule has 7 nitrogen and oxygen atoms in total. The number of nitrogens with one attached hydrogen (secondary N) is 1. The van der Waals surface area contributed by atoms with Crippen LogP contribution < -0.4 is 9.62 Å². The quantitative estimate of drug-likeness (QED) is 0.180. The summed E-state index contributed by atoms with van der Waals surface area (Å²) in [5.74, 6) is -1.12. The average Bonchev–Trinajstić information content (AvgIpc) is 3.00. The Morgan fingerprint density at radius 3 is 2.09 bits per heavy atom. The number of hydrogen-bond donors (Lipinski definition) is 1.